The topological polar surface area (TPSA) is 55.8 Å². The fraction of sp³-hybridized carbons (Fsp3) is 0.133. The Kier molecular flexibility index (Phi) is 4.66. The molecule has 98 valence electrons. The molecular formula is C15H14O4. The number of aliphatic hydroxyl groups excluding tert-OH is 1. The first kappa shape index (κ1) is 13.3. The molecular weight excluding hydrogens is 244 g/mol. The van der Waals surface area contributed by atoms with E-state index in [-0.39, 0.29) is 13.2 Å². The summed E-state index contributed by atoms with van der Waals surface area (Å²) in [6.45, 7) is 0.154. The van der Waals surface area contributed by atoms with Crippen LogP contribution in [0.2, 0.25) is 0 Å². The van der Waals surface area contributed by atoms with E-state index in [2.05, 4.69) is 0 Å². The lowest BCUT2D eigenvalue weighted by Gasteiger charge is -2.04. The molecule has 19 heavy (non-hydrogen) atoms. The Morgan fingerprint density at radius 3 is 2.26 bits per heavy atom. The Labute approximate surface area is 111 Å². The first-order valence-corrected chi connectivity index (χ1v) is 5.87. The van der Waals surface area contributed by atoms with E-state index in [9.17, 15) is 4.79 Å². The van der Waals surface area contributed by atoms with Crippen LogP contribution >= 0.6 is 0 Å². The van der Waals surface area contributed by atoms with E-state index in [1.165, 1.54) is 0 Å². The Morgan fingerprint density at radius 1 is 0.947 bits per heavy atom. The maximum Gasteiger partial charge on any atom is 0.373 e. The monoisotopic (exact) mass is 258 g/mol. The summed E-state index contributed by atoms with van der Waals surface area (Å²) in [5.74, 6) is -0.555. The molecule has 0 saturated heterocycles. The van der Waals surface area contributed by atoms with Gasteiger partial charge in [-0.2, -0.15) is 4.89 Å². The van der Waals surface area contributed by atoms with Crippen LogP contribution in [-0.4, -0.2) is 11.1 Å². The van der Waals surface area contributed by atoms with E-state index in [1.54, 1.807) is 24.3 Å². The third-order valence-corrected chi connectivity index (χ3v) is 2.58. The van der Waals surface area contributed by atoms with E-state index in [4.69, 9.17) is 14.9 Å². The van der Waals surface area contributed by atoms with Gasteiger partial charge in [0.25, 0.3) is 0 Å². The fourth-order valence-corrected chi connectivity index (χ4v) is 1.52. The summed E-state index contributed by atoms with van der Waals surface area (Å²) in [5, 5.41) is 8.89. The van der Waals surface area contributed by atoms with Crippen molar-refractivity contribution in [2.45, 2.75) is 13.2 Å². The fourth-order valence-electron chi connectivity index (χ4n) is 1.52. The molecule has 0 aliphatic rings. The zero-order valence-electron chi connectivity index (χ0n) is 10.3. The standard InChI is InChI=1S/C15H14O4/c16-10-12-6-8-14(9-7-12)15(17)19-18-11-13-4-2-1-3-5-13/h1-9,16H,10-11H2. The molecule has 0 aromatic heterocycles. The van der Waals surface area contributed by atoms with Gasteiger partial charge in [-0.1, -0.05) is 42.5 Å². The minimum Gasteiger partial charge on any atom is -0.392 e. The van der Waals surface area contributed by atoms with Crippen molar-refractivity contribution >= 4 is 5.97 Å². The van der Waals surface area contributed by atoms with Crippen LogP contribution in [0.25, 0.3) is 0 Å². The molecule has 0 heterocycles. The SMILES string of the molecule is O=C(OOCc1ccccc1)c1ccc(CO)cc1. The highest BCUT2D eigenvalue weighted by Gasteiger charge is 2.08. The Bertz CT molecular complexity index is 520. The second-order valence-electron chi connectivity index (χ2n) is 3.97. The maximum atomic E-state index is 11.6. The number of aliphatic hydroxyl groups is 1. The predicted octanol–water partition coefficient (Wildman–Crippen LogP) is 2.47. The molecule has 0 atom stereocenters. The van der Waals surface area contributed by atoms with Gasteiger partial charge in [-0.3, -0.25) is 4.89 Å². The second-order valence-corrected chi connectivity index (χ2v) is 3.97. The zero-order valence-corrected chi connectivity index (χ0v) is 10.3. The second kappa shape index (κ2) is 6.68. The summed E-state index contributed by atoms with van der Waals surface area (Å²) < 4.78 is 0. The molecule has 2 aromatic carbocycles. The van der Waals surface area contributed by atoms with Crippen LogP contribution in [0.5, 0.6) is 0 Å². The lowest BCUT2D eigenvalue weighted by Crippen LogP contribution is -2.06. The summed E-state index contributed by atoms with van der Waals surface area (Å²) in [5.41, 5.74) is 2.04. The van der Waals surface area contributed by atoms with E-state index in [1.807, 2.05) is 30.3 Å². The number of carbonyl (C=O) groups excluding carboxylic acids is 1. The number of benzene rings is 2. The highest BCUT2D eigenvalue weighted by molar-refractivity contribution is 5.88. The van der Waals surface area contributed by atoms with Crippen LogP contribution in [-0.2, 0) is 23.0 Å². The van der Waals surface area contributed by atoms with E-state index in [0.29, 0.717) is 5.56 Å². The van der Waals surface area contributed by atoms with Gasteiger partial charge in [0.15, 0.2) is 0 Å². The van der Waals surface area contributed by atoms with Crippen molar-refractivity contribution < 1.29 is 19.7 Å². The summed E-state index contributed by atoms with van der Waals surface area (Å²) in [4.78, 5) is 21.2. The molecule has 0 fully saturated rings. The molecule has 0 aliphatic heterocycles. The lowest BCUT2D eigenvalue weighted by atomic mass is 10.1. The molecule has 0 saturated carbocycles. The van der Waals surface area contributed by atoms with Gasteiger partial charge in [0, 0.05) is 0 Å². The number of rotatable bonds is 5. The maximum absolute atomic E-state index is 11.6. The number of hydrogen-bond acceptors (Lipinski definition) is 4. The van der Waals surface area contributed by atoms with Crippen LogP contribution < -0.4 is 0 Å². The number of hydrogen-bond donors (Lipinski definition) is 1. The molecule has 1 N–H and O–H groups in total. The Morgan fingerprint density at radius 2 is 1.63 bits per heavy atom. The average molecular weight is 258 g/mol. The normalized spacial score (nSPS) is 10.2. The van der Waals surface area contributed by atoms with Gasteiger partial charge < -0.3 is 5.11 Å². The number of carbonyl (C=O) groups is 1. The van der Waals surface area contributed by atoms with Gasteiger partial charge in [-0.15, -0.1) is 0 Å². The quantitative estimate of drug-likeness (QED) is 0.661. The van der Waals surface area contributed by atoms with Crippen LogP contribution in [0.4, 0.5) is 0 Å². The van der Waals surface area contributed by atoms with Crippen molar-refractivity contribution in [1.29, 1.82) is 0 Å². The van der Waals surface area contributed by atoms with Crippen LogP contribution in [0.1, 0.15) is 21.5 Å². The van der Waals surface area contributed by atoms with Crippen molar-refractivity contribution in [3.05, 3.63) is 71.3 Å². The summed E-state index contributed by atoms with van der Waals surface area (Å²) >= 11 is 0. The Hall–Kier alpha value is -2.17. The van der Waals surface area contributed by atoms with Crippen molar-refractivity contribution in [1.82, 2.24) is 0 Å². The summed E-state index contributed by atoms with van der Waals surface area (Å²) in [7, 11) is 0. The molecule has 4 heteroatoms. The van der Waals surface area contributed by atoms with Crippen LogP contribution in [0.15, 0.2) is 54.6 Å². The minimum atomic E-state index is -0.555. The molecule has 0 aliphatic carbocycles. The molecule has 0 spiro atoms. The van der Waals surface area contributed by atoms with Crippen molar-refractivity contribution in [3.63, 3.8) is 0 Å². The predicted molar refractivity (Wildman–Crippen MR) is 69.0 cm³/mol. The average Bonchev–Trinajstić information content (AvgIpc) is 2.48. The van der Waals surface area contributed by atoms with E-state index in [0.717, 1.165) is 11.1 Å². The molecule has 4 nitrogen and oxygen atoms in total. The third-order valence-electron chi connectivity index (χ3n) is 2.58. The molecule has 0 amide bonds. The summed E-state index contributed by atoms with van der Waals surface area (Å²) in [6.07, 6.45) is 0. The largest absolute Gasteiger partial charge is 0.392 e. The van der Waals surface area contributed by atoms with Gasteiger partial charge in [-0.25, -0.2) is 4.79 Å². The van der Waals surface area contributed by atoms with E-state index < -0.39 is 5.97 Å². The van der Waals surface area contributed by atoms with Crippen LogP contribution in [0.3, 0.4) is 0 Å². The highest BCUT2D eigenvalue weighted by Crippen LogP contribution is 2.07. The van der Waals surface area contributed by atoms with Gasteiger partial charge in [-0.05, 0) is 23.3 Å². The zero-order chi connectivity index (χ0) is 13.5. The summed E-state index contributed by atoms with van der Waals surface area (Å²) in [6, 6.07) is 15.9. The lowest BCUT2D eigenvalue weighted by molar-refractivity contribution is -0.250. The van der Waals surface area contributed by atoms with Crippen molar-refractivity contribution in [3.8, 4) is 0 Å². The molecule has 2 aromatic rings. The van der Waals surface area contributed by atoms with Crippen molar-refractivity contribution in [2.75, 3.05) is 0 Å². The molecule has 0 bridgehead atoms. The van der Waals surface area contributed by atoms with Crippen LogP contribution in [0, 0.1) is 0 Å². The highest BCUT2D eigenvalue weighted by atomic mass is 17.2. The van der Waals surface area contributed by atoms with Gasteiger partial charge >= 0.3 is 5.97 Å². The van der Waals surface area contributed by atoms with Gasteiger partial charge in [0.1, 0.15) is 6.61 Å². The minimum absolute atomic E-state index is 0.0557. The first-order chi connectivity index (χ1) is 9.29. The van der Waals surface area contributed by atoms with Gasteiger partial charge in [0.2, 0.25) is 0 Å². The van der Waals surface area contributed by atoms with Gasteiger partial charge in [0.05, 0.1) is 12.2 Å². The van der Waals surface area contributed by atoms with E-state index >= 15 is 0 Å². The first-order valence-electron chi connectivity index (χ1n) is 5.87. The molecule has 0 unspecified atom stereocenters. The molecule has 2 rings (SSSR count). The smallest absolute Gasteiger partial charge is 0.373 e. The third kappa shape index (κ3) is 3.91. The Balaban J connectivity index is 1.84. The van der Waals surface area contributed by atoms with Crippen molar-refractivity contribution in [2.24, 2.45) is 0 Å². The molecule has 0 radical (unpaired) electrons.